The van der Waals surface area contributed by atoms with Crippen LogP contribution in [0.3, 0.4) is 0 Å². The molecule has 8 nitrogen and oxygen atoms in total. The third kappa shape index (κ3) is 7.97. The van der Waals surface area contributed by atoms with Gasteiger partial charge < -0.3 is 29.2 Å². The standard InChI is InChI=1S/C28H34O8.Na/c1-4-8-21-23(12-10-20(17(2)29)27(21)31)34-13-6-5-7-14-35-26-16-25-19(15-22(26)18(3)30)9-11-24(36-25)28(32)33;/h10,12,15-16,24,31H,4-9,11,13-14H2,1-3H3,(H,32,33);/q;+1/p-1/t24-;/m0./s1. The van der Waals surface area contributed by atoms with Crippen LogP contribution in [0.4, 0.5) is 0 Å². The number of carbonyl (C=O) groups excluding carboxylic acids is 3. The molecule has 1 aliphatic rings. The maximum Gasteiger partial charge on any atom is 1.00 e. The number of rotatable bonds is 13. The molecule has 194 valence electrons. The summed E-state index contributed by atoms with van der Waals surface area (Å²) in [6.07, 6.45) is 3.49. The number of Topliss-reactive ketones (excluding diaryl/α,β-unsaturated/α-hetero) is 2. The Morgan fingerprint density at radius 3 is 2.24 bits per heavy atom. The molecule has 2 aromatic carbocycles. The Labute approximate surface area is 239 Å². The van der Waals surface area contributed by atoms with Crippen LogP contribution in [-0.2, 0) is 17.6 Å². The quantitative estimate of drug-likeness (QED) is 0.234. The molecule has 0 unspecified atom stereocenters. The summed E-state index contributed by atoms with van der Waals surface area (Å²) in [5, 5.41) is 21.6. The molecule has 9 heteroatoms. The largest absolute Gasteiger partial charge is 1.00 e. The number of carboxylic acids is 1. The minimum absolute atomic E-state index is 0. The van der Waals surface area contributed by atoms with E-state index in [2.05, 4.69) is 0 Å². The number of phenols is 1. The normalized spacial score (nSPS) is 14.1. The number of fused-ring (bicyclic) bond motifs is 1. The van der Waals surface area contributed by atoms with Gasteiger partial charge in [0.05, 0.1) is 30.3 Å². The molecule has 0 aliphatic carbocycles. The average Bonchev–Trinajstić information content (AvgIpc) is 2.84. The van der Waals surface area contributed by atoms with Crippen molar-refractivity contribution in [3.05, 3.63) is 46.5 Å². The Balaban J connectivity index is 0.00000481. The SMILES string of the molecule is CCCc1c(OCCCCCOc2cc3c(cc2C(C)=O)CC[C@@H](C(=O)[O-])O3)ccc(C(C)=O)c1O.[Na+]. The van der Waals surface area contributed by atoms with Crippen molar-refractivity contribution in [2.45, 2.75) is 71.8 Å². The molecule has 1 atom stereocenters. The van der Waals surface area contributed by atoms with E-state index >= 15 is 0 Å². The van der Waals surface area contributed by atoms with Gasteiger partial charge in [-0.2, -0.15) is 0 Å². The summed E-state index contributed by atoms with van der Waals surface area (Å²) in [7, 11) is 0. The molecule has 1 aliphatic heterocycles. The van der Waals surface area contributed by atoms with Crippen LogP contribution in [0.25, 0.3) is 0 Å². The maximum atomic E-state index is 12.1. The van der Waals surface area contributed by atoms with Crippen molar-refractivity contribution in [1.82, 2.24) is 0 Å². The van der Waals surface area contributed by atoms with Crippen molar-refractivity contribution >= 4 is 17.5 Å². The van der Waals surface area contributed by atoms with Crippen LogP contribution in [0.2, 0.25) is 0 Å². The molecule has 1 N–H and O–H groups in total. The predicted octanol–water partition coefficient (Wildman–Crippen LogP) is 0.826. The zero-order valence-electron chi connectivity index (χ0n) is 22.1. The summed E-state index contributed by atoms with van der Waals surface area (Å²) >= 11 is 0. The number of aliphatic carboxylic acids is 1. The molecule has 0 radical (unpaired) electrons. The molecule has 0 fully saturated rings. The molecular weight excluding hydrogens is 487 g/mol. The average molecular weight is 521 g/mol. The van der Waals surface area contributed by atoms with Gasteiger partial charge in [-0.25, -0.2) is 0 Å². The maximum absolute atomic E-state index is 12.1. The van der Waals surface area contributed by atoms with Gasteiger partial charge >= 0.3 is 29.6 Å². The monoisotopic (exact) mass is 520 g/mol. The Morgan fingerprint density at radius 1 is 1.00 bits per heavy atom. The number of carbonyl (C=O) groups is 3. The first-order chi connectivity index (χ1) is 17.2. The second kappa shape index (κ2) is 14.4. The minimum Gasteiger partial charge on any atom is -0.546 e. The number of aryl methyl sites for hydroxylation is 1. The first-order valence-electron chi connectivity index (χ1n) is 12.4. The number of ketones is 2. The first-order valence-corrected chi connectivity index (χ1v) is 12.4. The minimum atomic E-state index is -1.26. The number of unbranched alkanes of at least 4 members (excludes halogenated alkanes) is 2. The van der Waals surface area contributed by atoms with Crippen molar-refractivity contribution in [1.29, 1.82) is 0 Å². The van der Waals surface area contributed by atoms with E-state index in [0.29, 0.717) is 66.4 Å². The van der Waals surface area contributed by atoms with Gasteiger partial charge in [0, 0.05) is 11.6 Å². The topological polar surface area (TPSA) is 122 Å². The Bertz CT molecular complexity index is 1130. The van der Waals surface area contributed by atoms with E-state index < -0.39 is 12.1 Å². The molecule has 0 spiro atoms. The van der Waals surface area contributed by atoms with Gasteiger partial charge in [0.1, 0.15) is 29.1 Å². The zero-order chi connectivity index (χ0) is 26.2. The van der Waals surface area contributed by atoms with E-state index in [4.69, 9.17) is 14.2 Å². The van der Waals surface area contributed by atoms with Gasteiger partial charge in [0.15, 0.2) is 11.6 Å². The van der Waals surface area contributed by atoms with Crippen LogP contribution in [0.15, 0.2) is 24.3 Å². The molecule has 0 bridgehead atoms. The summed E-state index contributed by atoms with van der Waals surface area (Å²) in [6.45, 7) is 5.71. The van der Waals surface area contributed by atoms with Gasteiger partial charge in [0.25, 0.3) is 0 Å². The van der Waals surface area contributed by atoms with Crippen molar-refractivity contribution in [2.24, 2.45) is 0 Å². The van der Waals surface area contributed by atoms with Gasteiger partial charge in [0.2, 0.25) is 0 Å². The molecule has 0 saturated carbocycles. The fourth-order valence-corrected chi connectivity index (χ4v) is 4.24. The van der Waals surface area contributed by atoms with Crippen LogP contribution < -0.4 is 48.9 Å². The van der Waals surface area contributed by atoms with Crippen molar-refractivity contribution in [2.75, 3.05) is 13.2 Å². The molecule has 0 aromatic heterocycles. The van der Waals surface area contributed by atoms with E-state index in [1.165, 1.54) is 13.8 Å². The van der Waals surface area contributed by atoms with Crippen LogP contribution >= 0.6 is 0 Å². The molecule has 1 heterocycles. The van der Waals surface area contributed by atoms with Crippen molar-refractivity contribution in [3.63, 3.8) is 0 Å². The fraction of sp³-hybridized carbons (Fsp3) is 0.464. The van der Waals surface area contributed by atoms with Crippen LogP contribution in [0.5, 0.6) is 23.0 Å². The number of hydrogen-bond donors (Lipinski definition) is 1. The van der Waals surface area contributed by atoms with Crippen LogP contribution in [0.1, 0.15) is 84.7 Å². The molecule has 0 saturated heterocycles. The second-order valence-corrected chi connectivity index (χ2v) is 8.98. The summed E-state index contributed by atoms with van der Waals surface area (Å²) in [4.78, 5) is 35.0. The third-order valence-electron chi connectivity index (χ3n) is 6.17. The van der Waals surface area contributed by atoms with Gasteiger partial charge in [-0.3, -0.25) is 9.59 Å². The molecule has 2 aromatic rings. The number of hydrogen-bond acceptors (Lipinski definition) is 8. The molecular formula is C28H33NaO8. The van der Waals surface area contributed by atoms with Crippen molar-refractivity contribution in [3.8, 4) is 23.0 Å². The van der Waals surface area contributed by atoms with E-state index in [1.807, 2.05) is 6.92 Å². The van der Waals surface area contributed by atoms with Gasteiger partial charge in [-0.05, 0) is 76.1 Å². The van der Waals surface area contributed by atoms with Crippen LogP contribution in [-0.4, -0.2) is 42.0 Å². The van der Waals surface area contributed by atoms with Crippen LogP contribution in [0, 0.1) is 0 Å². The number of benzene rings is 2. The van der Waals surface area contributed by atoms with Gasteiger partial charge in [-0.15, -0.1) is 0 Å². The molecule has 0 amide bonds. The third-order valence-corrected chi connectivity index (χ3v) is 6.17. The summed E-state index contributed by atoms with van der Waals surface area (Å²) in [5.74, 6) is -0.207. The number of ether oxygens (including phenoxy) is 3. The van der Waals surface area contributed by atoms with E-state index in [1.54, 1.807) is 24.3 Å². The second-order valence-electron chi connectivity index (χ2n) is 8.98. The summed E-state index contributed by atoms with van der Waals surface area (Å²) in [6, 6.07) is 6.63. The summed E-state index contributed by atoms with van der Waals surface area (Å²) < 4.78 is 17.3. The zero-order valence-corrected chi connectivity index (χ0v) is 24.1. The molecule has 37 heavy (non-hydrogen) atoms. The Kier molecular flexibility index (Phi) is 11.9. The number of carboxylic acid groups (broad SMARTS) is 1. The Hall–Kier alpha value is -2.55. The summed E-state index contributed by atoms with van der Waals surface area (Å²) in [5.41, 5.74) is 2.19. The predicted molar refractivity (Wildman–Crippen MR) is 131 cm³/mol. The van der Waals surface area contributed by atoms with Crippen molar-refractivity contribution < 1.29 is 68.4 Å². The van der Waals surface area contributed by atoms with E-state index in [9.17, 15) is 24.6 Å². The number of phenolic OH excluding ortho intramolecular Hbond substituents is 1. The fourth-order valence-electron chi connectivity index (χ4n) is 4.24. The number of aromatic hydroxyl groups is 1. The Morgan fingerprint density at radius 2 is 1.65 bits per heavy atom. The van der Waals surface area contributed by atoms with E-state index in [0.717, 1.165) is 31.2 Å². The van der Waals surface area contributed by atoms with Gasteiger partial charge in [-0.1, -0.05) is 13.3 Å². The smallest absolute Gasteiger partial charge is 0.546 e. The van der Waals surface area contributed by atoms with E-state index in [-0.39, 0.29) is 46.9 Å². The first kappa shape index (κ1) is 30.7. The molecule has 3 rings (SSSR count).